The first-order valence-electron chi connectivity index (χ1n) is 8.51. The molecular weight excluding hydrogens is 318 g/mol. The molecule has 0 saturated heterocycles. The van der Waals surface area contributed by atoms with Crippen LogP contribution in [0.1, 0.15) is 44.0 Å². The zero-order valence-corrected chi connectivity index (χ0v) is 15.2. The number of hydrogen-bond acceptors (Lipinski definition) is 4. The van der Waals surface area contributed by atoms with Crippen LogP contribution in [0.15, 0.2) is 30.5 Å². The van der Waals surface area contributed by atoms with Crippen LogP contribution >= 0.6 is 0 Å². The van der Waals surface area contributed by atoms with E-state index in [1.54, 1.807) is 18.0 Å². The number of fused-ring (bicyclic) bond motifs is 1. The van der Waals surface area contributed by atoms with Gasteiger partial charge in [0.15, 0.2) is 0 Å². The molecule has 1 aromatic carbocycles. The first-order chi connectivity index (χ1) is 11.9. The van der Waals surface area contributed by atoms with Gasteiger partial charge in [0, 0.05) is 37.3 Å². The number of amides is 1. The van der Waals surface area contributed by atoms with Crippen LogP contribution in [0.25, 0.3) is 0 Å². The highest BCUT2D eigenvalue weighted by Crippen LogP contribution is 2.41. The Labute approximate surface area is 148 Å². The summed E-state index contributed by atoms with van der Waals surface area (Å²) >= 11 is 0. The molecule has 0 bridgehead atoms. The molecule has 134 valence electrons. The molecule has 1 N–H and O–H groups in total. The molecule has 1 aliphatic rings. The van der Waals surface area contributed by atoms with Gasteiger partial charge in [-0.1, -0.05) is 0 Å². The maximum absolute atomic E-state index is 12.5. The molecular formula is C19H25N3O3. The average Bonchev–Trinajstić information content (AvgIpc) is 2.97. The lowest BCUT2D eigenvalue weighted by molar-refractivity contribution is -0.122. The number of aryl methyl sites for hydroxylation is 2. The number of aromatic nitrogens is 2. The lowest BCUT2D eigenvalue weighted by Gasteiger charge is -2.38. The van der Waals surface area contributed by atoms with Crippen LogP contribution in [0.2, 0.25) is 0 Å². The number of nitrogens with one attached hydrogen (secondary N) is 1. The van der Waals surface area contributed by atoms with Gasteiger partial charge in [-0.2, -0.15) is 5.10 Å². The minimum Gasteiger partial charge on any atom is -0.497 e. The number of rotatable bonds is 5. The second kappa shape index (κ2) is 6.78. The fourth-order valence-corrected chi connectivity index (χ4v) is 3.24. The minimum atomic E-state index is -0.332. The maximum Gasteiger partial charge on any atom is 0.220 e. The summed E-state index contributed by atoms with van der Waals surface area (Å²) in [4.78, 5) is 12.5. The van der Waals surface area contributed by atoms with E-state index in [1.807, 2.05) is 45.2 Å². The van der Waals surface area contributed by atoms with Crippen molar-refractivity contribution in [2.45, 2.75) is 44.8 Å². The highest BCUT2D eigenvalue weighted by molar-refractivity contribution is 5.77. The molecule has 6 nitrogen and oxygen atoms in total. The highest BCUT2D eigenvalue weighted by Gasteiger charge is 2.34. The predicted octanol–water partition coefficient (Wildman–Crippen LogP) is 2.78. The van der Waals surface area contributed by atoms with E-state index in [0.717, 1.165) is 22.8 Å². The van der Waals surface area contributed by atoms with Crippen LogP contribution < -0.4 is 14.8 Å². The SMILES string of the molecule is COc1ccc2c(c1)[C@@H](NC(=O)CCc1ccnn1C)CC(C)(C)O2. The van der Waals surface area contributed by atoms with Crippen LogP contribution in [-0.4, -0.2) is 28.4 Å². The van der Waals surface area contributed by atoms with Crippen LogP contribution in [0.3, 0.4) is 0 Å². The minimum absolute atomic E-state index is 0.0256. The smallest absolute Gasteiger partial charge is 0.220 e. The van der Waals surface area contributed by atoms with Gasteiger partial charge in [-0.15, -0.1) is 0 Å². The van der Waals surface area contributed by atoms with Crippen molar-refractivity contribution in [3.63, 3.8) is 0 Å². The van der Waals surface area contributed by atoms with Crippen LogP contribution in [0.4, 0.5) is 0 Å². The van der Waals surface area contributed by atoms with E-state index in [2.05, 4.69) is 10.4 Å². The molecule has 6 heteroatoms. The summed E-state index contributed by atoms with van der Waals surface area (Å²) < 4.78 is 13.2. The molecule has 0 aliphatic carbocycles. The summed E-state index contributed by atoms with van der Waals surface area (Å²) in [5, 5.41) is 7.29. The number of carbonyl (C=O) groups excluding carboxylic acids is 1. The second-order valence-corrected chi connectivity index (χ2v) is 7.04. The summed E-state index contributed by atoms with van der Waals surface area (Å²) in [6, 6.07) is 7.57. The Bertz CT molecular complexity index is 767. The lowest BCUT2D eigenvalue weighted by atomic mass is 9.89. The molecule has 0 saturated carbocycles. The molecule has 25 heavy (non-hydrogen) atoms. The van der Waals surface area contributed by atoms with Gasteiger partial charge in [0.05, 0.1) is 13.2 Å². The zero-order chi connectivity index (χ0) is 18.0. The van der Waals surface area contributed by atoms with Gasteiger partial charge >= 0.3 is 0 Å². The van der Waals surface area contributed by atoms with Crippen molar-refractivity contribution >= 4 is 5.91 Å². The highest BCUT2D eigenvalue weighted by atomic mass is 16.5. The Balaban J connectivity index is 1.72. The summed E-state index contributed by atoms with van der Waals surface area (Å²) in [7, 11) is 3.52. The van der Waals surface area contributed by atoms with E-state index in [-0.39, 0.29) is 17.6 Å². The Morgan fingerprint density at radius 1 is 1.44 bits per heavy atom. The molecule has 1 aromatic heterocycles. The summed E-state index contributed by atoms with van der Waals surface area (Å²) in [5.74, 6) is 1.59. The van der Waals surface area contributed by atoms with Crippen molar-refractivity contribution in [2.24, 2.45) is 7.05 Å². The molecule has 0 spiro atoms. The largest absolute Gasteiger partial charge is 0.497 e. The number of carbonyl (C=O) groups is 1. The topological polar surface area (TPSA) is 65.4 Å². The second-order valence-electron chi connectivity index (χ2n) is 7.04. The van der Waals surface area contributed by atoms with Crippen molar-refractivity contribution in [3.05, 3.63) is 41.7 Å². The van der Waals surface area contributed by atoms with E-state index in [1.165, 1.54) is 0 Å². The van der Waals surface area contributed by atoms with Gasteiger partial charge in [0.1, 0.15) is 17.1 Å². The standard InChI is InChI=1S/C19H25N3O3/c1-19(2)12-16(15-11-14(24-4)6-7-17(15)25-19)21-18(23)8-5-13-9-10-20-22(13)3/h6-7,9-11,16H,5,8,12H2,1-4H3,(H,21,23)/t16-/m0/s1. The number of benzene rings is 1. The molecule has 0 fully saturated rings. The Morgan fingerprint density at radius 2 is 2.24 bits per heavy atom. The van der Waals surface area contributed by atoms with Crippen molar-refractivity contribution < 1.29 is 14.3 Å². The molecule has 1 amide bonds. The van der Waals surface area contributed by atoms with Gasteiger partial charge in [0.25, 0.3) is 0 Å². The molecule has 1 aliphatic heterocycles. The average molecular weight is 343 g/mol. The van der Waals surface area contributed by atoms with E-state index >= 15 is 0 Å². The first-order valence-corrected chi connectivity index (χ1v) is 8.51. The Hall–Kier alpha value is -2.50. The molecule has 0 unspecified atom stereocenters. The fraction of sp³-hybridized carbons (Fsp3) is 0.474. The van der Waals surface area contributed by atoms with Crippen LogP contribution in [-0.2, 0) is 18.3 Å². The third-order valence-corrected chi connectivity index (χ3v) is 4.54. The predicted molar refractivity (Wildman–Crippen MR) is 94.7 cm³/mol. The third-order valence-electron chi connectivity index (χ3n) is 4.54. The normalized spacial score (nSPS) is 18.2. The Kier molecular flexibility index (Phi) is 4.70. The van der Waals surface area contributed by atoms with Crippen molar-refractivity contribution in [1.82, 2.24) is 15.1 Å². The fourth-order valence-electron chi connectivity index (χ4n) is 3.24. The van der Waals surface area contributed by atoms with Gasteiger partial charge in [0.2, 0.25) is 5.91 Å². The lowest BCUT2D eigenvalue weighted by Crippen LogP contribution is -2.41. The maximum atomic E-state index is 12.5. The van der Waals surface area contributed by atoms with Crippen molar-refractivity contribution in [2.75, 3.05) is 7.11 Å². The summed E-state index contributed by atoms with van der Waals surface area (Å²) in [6.07, 6.45) is 3.55. The van der Waals surface area contributed by atoms with Crippen LogP contribution in [0.5, 0.6) is 11.5 Å². The molecule has 2 heterocycles. The molecule has 1 atom stereocenters. The number of methoxy groups -OCH3 is 1. The summed E-state index contributed by atoms with van der Waals surface area (Å²) in [6.45, 7) is 4.07. The summed E-state index contributed by atoms with van der Waals surface area (Å²) in [5.41, 5.74) is 1.68. The van der Waals surface area contributed by atoms with E-state index in [4.69, 9.17) is 9.47 Å². The van der Waals surface area contributed by atoms with E-state index in [9.17, 15) is 4.79 Å². The number of ether oxygens (including phenoxy) is 2. The first kappa shape index (κ1) is 17.3. The van der Waals surface area contributed by atoms with Gasteiger partial charge in [-0.25, -0.2) is 0 Å². The zero-order valence-electron chi connectivity index (χ0n) is 15.2. The van der Waals surface area contributed by atoms with Gasteiger partial charge in [-0.05, 0) is 44.5 Å². The number of hydrogen-bond donors (Lipinski definition) is 1. The quantitative estimate of drug-likeness (QED) is 0.907. The van der Waals surface area contributed by atoms with E-state index in [0.29, 0.717) is 19.3 Å². The van der Waals surface area contributed by atoms with Gasteiger partial charge < -0.3 is 14.8 Å². The molecule has 3 rings (SSSR count). The third kappa shape index (κ3) is 3.95. The molecule has 2 aromatic rings. The number of nitrogens with zero attached hydrogens (tertiary/aromatic N) is 2. The van der Waals surface area contributed by atoms with Gasteiger partial charge in [-0.3, -0.25) is 9.48 Å². The van der Waals surface area contributed by atoms with Crippen molar-refractivity contribution in [1.29, 1.82) is 0 Å². The van der Waals surface area contributed by atoms with Crippen molar-refractivity contribution in [3.8, 4) is 11.5 Å². The van der Waals surface area contributed by atoms with Crippen LogP contribution in [0, 0.1) is 0 Å². The van der Waals surface area contributed by atoms with E-state index < -0.39 is 0 Å². The monoisotopic (exact) mass is 343 g/mol. The molecule has 0 radical (unpaired) electrons. The Morgan fingerprint density at radius 3 is 2.92 bits per heavy atom.